The van der Waals surface area contributed by atoms with Crippen molar-refractivity contribution in [3.05, 3.63) is 0 Å². The van der Waals surface area contributed by atoms with E-state index in [0.29, 0.717) is 5.92 Å². The van der Waals surface area contributed by atoms with Crippen molar-refractivity contribution in [1.29, 1.82) is 0 Å². The Labute approximate surface area is 105 Å². The Kier molecular flexibility index (Phi) is 4.45. The molecule has 2 fully saturated rings. The summed E-state index contributed by atoms with van der Waals surface area (Å²) in [6.45, 7) is 7.24. The van der Waals surface area contributed by atoms with Crippen LogP contribution < -0.4 is 0 Å². The van der Waals surface area contributed by atoms with Crippen LogP contribution in [-0.2, 0) is 4.74 Å². The minimum Gasteiger partial charge on any atom is -0.390 e. The molecule has 17 heavy (non-hydrogen) atoms. The van der Waals surface area contributed by atoms with Gasteiger partial charge in [-0.15, -0.1) is 0 Å². The van der Waals surface area contributed by atoms with E-state index in [4.69, 9.17) is 4.74 Å². The monoisotopic (exact) mass is 241 g/mol. The van der Waals surface area contributed by atoms with Crippen LogP contribution in [0.2, 0.25) is 0 Å². The average molecular weight is 241 g/mol. The van der Waals surface area contributed by atoms with E-state index in [1.54, 1.807) is 0 Å². The smallest absolute Gasteiger partial charge is 0.0963 e. The first-order valence-electron chi connectivity index (χ1n) is 7.04. The van der Waals surface area contributed by atoms with Gasteiger partial charge in [-0.05, 0) is 44.1 Å². The standard InChI is InChI=1S/C14H27NO2/c1-10-6-11(2)8-12(7-10)14(16)13-9-15(3)4-5-17-13/h10-14,16H,4-9H2,1-3H3. The maximum atomic E-state index is 10.5. The van der Waals surface area contributed by atoms with E-state index in [0.717, 1.165) is 44.4 Å². The second-order valence-corrected chi connectivity index (χ2v) is 6.34. The molecule has 0 aromatic rings. The van der Waals surface area contributed by atoms with Crippen LogP contribution in [0.1, 0.15) is 33.1 Å². The molecule has 1 saturated carbocycles. The predicted octanol–water partition coefficient (Wildman–Crippen LogP) is 1.75. The lowest BCUT2D eigenvalue weighted by molar-refractivity contribution is -0.110. The molecule has 4 atom stereocenters. The summed E-state index contributed by atoms with van der Waals surface area (Å²) in [6.07, 6.45) is 3.39. The second kappa shape index (κ2) is 5.68. The fraction of sp³-hybridized carbons (Fsp3) is 1.00. The first-order chi connectivity index (χ1) is 8.06. The highest BCUT2D eigenvalue weighted by Crippen LogP contribution is 2.36. The summed E-state index contributed by atoms with van der Waals surface area (Å²) >= 11 is 0. The summed E-state index contributed by atoms with van der Waals surface area (Å²) in [5.74, 6) is 1.93. The molecule has 1 N–H and O–H groups in total. The fourth-order valence-electron chi connectivity index (χ4n) is 3.61. The Bertz CT molecular complexity index is 236. The number of likely N-dealkylation sites (N-methyl/N-ethyl adjacent to an activating group) is 1. The van der Waals surface area contributed by atoms with Crippen LogP contribution in [0.3, 0.4) is 0 Å². The third-order valence-corrected chi connectivity index (χ3v) is 4.38. The molecule has 3 heteroatoms. The van der Waals surface area contributed by atoms with Gasteiger partial charge >= 0.3 is 0 Å². The van der Waals surface area contributed by atoms with Crippen molar-refractivity contribution in [2.24, 2.45) is 17.8 Å². The van der Waals surface area contributed by atoms with Crippen molar-refractivity contribution >= 4 is 0 Å². The van der Waals surface area contributed by atoms with E-state index in [9.17, 15) is 5.11 Å². The molecule has 0 amide bonds. The molecule has 0 radical (unpaired) electrons. The van der Waals surface area contributed by atoms with Crippen LogP contribution in [0, 0.1) is 17.8 Å². The summed E-state index contributed by atoms with van der Waals surface area (Å²) in [4.78, 5) is 2.26. The molecule has 1 aliphatic heterocycles. The van der Waals surface area contributed by atoms with Crippen molar-refractivity contribution in [1.82, 2.24) is 4.90 Å². The van der Waals surface area contributed by atoms with Gasteiger partial charge in [-0.1, -0.05) is 13.8 Å². The third kappa shape index (κ3) is 3.43. The molecule has 1 saturated heterocycles. The van der Waals surface area contributed by atoms with Gasteiger partial charge < -0.3 is 14.7 Å². The molecule has 4 unspecified atom stereocenters. The molecule has 0 bridgehead atoms. The number of nitrogens with zero attached hydrogens (tertiary/aromatic N) is 1. The van der Waals surface area contributed by atoms with E-state index < -0.39 is 0 Å². The topological polar surface area (TPSA) is 32.7 Å². The number of aliphatic hydroxyl groups is 1. The molecular formula is C14H27NO2. The molecule has 0 aromatic heterocycles. The average Bonchev–Trinajstić information content (AvgIpc) is 2.26. The molecule has 1 aliphatic carbocycles. The van der Waals surface area contributed by atoms with Crippen LogP contribution in [-0.4, -0.2) is 49.0 Å². The molecule has 1 heterocycles. The van der Waals surface area contributed by atoms with Gasteiger partial charge in [0.2, 0.25) is 0 Å². The van der Waals surface area contributed by atoms with Crippen LogP contribution in [0.5, 0.6) is 0 Å². The van der Waals surface area contributed by atoms with Crippen molar-refractivity contribution in [3.63, 3.8) is 0 Å². The van der Waals surface area contributed by atoms with Crippen LogP contribution in [0.25, 0.3) is 0 Å². The van der Waals surface area contributed by atoms with Crippen LogP contribution >= 0.6 is 0 Å². The van der Waals surface area contributed by atoms with E-state index in [2.05, 4.69) is 25.8 Å². The zero-order chi connectivity index (χ0) is 12.4. The number of rotatable bonds is 2. The van der Waals surface area contributed by atoms with Crippen molar-refractivity contribution < 1.29 is 9.84 Å². The summed E-state index contributed by atoms with van der Waals surface area (Å²) in [7, 11) is 2.11. The number of aliphatic hydroxyl groups excluding tert-OH is 1. The largest absolute Gasteiger partial charge is 0.390 e. The first kappa shape index (κ1) is 13.3. The van der Waals surface area contributed by atoms with Gasteiger partial charge in [-0.2, -0.15) is 0 Å². The van der Waals surface area contributed by atoms with Crippen molar-refractivity contribution in [2.45, 2.75) is 45.3 Å². The number of hydrogen-bond donors (Lipinski definition) is 1. The lowest BCUT2D eigenvalue weighted by atomic mass is 9.73. The quantitative estimate of drug-likeness (QED) is 0.799. The van der Waals surface area contributed by atoms with Crippen LogP contribution in [0.4, 0.5) is 0 Å². The van der Waals surface area contributed by atoms with Gasteiger partial charge in [-0.3, -0.25) is 0 Å². The van der Waals surface area contributed by atoms with Gasteiger partial charge in [0.05, 0.1) is 18.8 Å². The van der Waals surface area contributed by atoms with Crippen molar-refractivity contribution in [3.8, 4) is 0 Å². The molecular weight excluding hydrogens is 214 g/mol. The second-order valence-electron chi connectivity index (χ2n) is 6.34. The van der Waals surface area contributed by atoms with E-state index in [1.165, 1.54) is 6.42 Å². The van der Waals surface area contributed by atoms with Gasteiger partial charge in [0.1, 0.15) is 0 Å². The van der Waals surface area contributed by atoms with Crippen LogP contribution in [0.15, 0.2) is 0 Å². The molecule has 3 nitrogen and oxygen atoms in total. The summed E-state index contributed by atoms with van der Waals surface area (Å²) in [6, 6.07) is 0. The first-order valence-corrected chi connectivity index (χ1v) is 7.04. The predicted molar refractivity (Wildman–Crippen MR) is 68.9 cm³/mol. The highest BCUT2D eigenvalue weighted by Gasteiger charge is 2.35. The Hall–Kier alpha value is -0.120. The Morgan fingerprint density at radius 2 is 1.82 bits per heavy atom. The maximum absolute atomic E-state index is 10.5. The molecule has 0 spiro atoms. The molecule has 2 rings (SSSR count). The Balaban J connectivity index is 1.91. The SMILES string of the molecule is CC1CC(C)CC(C(O)C2CN(C)CCO2)C1. The lowest BCUT2D eigenvalue weighted by Gasteiger charge is -2.40. The minimum absolute atomic E-state index is 0.0243. The van der Waals surface area contributed by atoms with E-state index >= 15 is 0 Å². The number of ether oxygens (including phenoxy) is 1. The molecule has 2 aliphatic rings. The summed E-state index contributed by atoms with van der Waals surface area (Å²) < 4.78 is 5.74. The third-order valence-electron chi connectivity index (χ3n) is 4.38. The van der Waals surface area contributed by atoms with Gasteiger partial charge in [0.25, 0.3) is 0 Å². The van der Waals surface area contributed by atoms with Gasteiger partial charge in [0, 0.05) is 13.1 Å². The normalized spacial score (nSPS) is 42.4. The fourth-order valence-corrected chi connectivity index (χ4v) is 3.61. The Morgan fingerprint density at radius 1 is 1.18 bits per heavy atom. The number of hydrogen-bond acceptors (Lipinski definition) is 3. The van der Waals surface area contributed by atoms with E-state index in [-0.39, 0.29) is 12.2 Å². The number of morpholine rings is 1. The van der Waals surface area contributed by atoms with Gasteiger partial charge in [-0.25, -0.2) is 0 Å². The summed E-state index contributed by atoms with van der Waals surface area (Å²) in [5, 5.41) is 10.5. The molecule has 0 aromatic carbocycles. The van der Waals surface area contributed by atoms with E-state index in [1.807, 2.05) is 0 Å². The molecule has 100 valence electrons. The highest BCUT2D eigenvalue weighted by atomic mass is 16.5. The minimum atomic E-state index is -0.275. The summed E-state index contributed by atoms with van der Waals surface area (Å²) in [5.41, 5.74) is 0. The Morgan fingerprint density at radius 3 is 2.41 bits per heavy atom. The van der Waals surface area contributed by atoms with Crippen molar-refractivity contribution in [2.75, 3.05) is 26.7 Å². The zero-order valence-electron chi connectivity index (χ0n) is 11.4. The zero-order valence-corrected chi connectivity index (χ0v) is 11.4. The lowest BCUT2D eigenvalue weighted by Crippen LogP contribution is -2.49. The highest BCUT2D eigenvalue weighted by molar-refractivity contribution is 4.86. The maximum Gasteiger partial charge on any atom is 0.0963 e. The van der Waals surface area contributed by atoms with Gasteiger partial charge in [0.15, 0.2) is 0 Å².